The molecule has 34 heteroatoms. The molecule has 0 bridgehead atoms. The first kappa shape index (κ1) is 66.8. The van der Waals surface area contributed by atoms with E-state index >= 15 is 0 Å². The van der Waals surface area contributed by atoms with Crippen molar-refractivity contribution in [2.75, 3.05) is 0 Å². The number of Topliss-reactive ketones (excluding diaryl/α,β-unsaturated/α-hetero) is 2. The zero-order chi connectivity index (χ0) is 63.1. The Morgan fingerprint density at radius 1 is 0.321 bits per heavy atom. The summed E-state index contributed by atoms with van der Waals surface area (Å²) in [5, 5.41) is 85.9. The van der Waals surface area contributed by atoms with Gasteiger partial charge in [-0.25, -0.2) is 19.2 Å². The molecular weight excluding hydrogens is 1130 g/mol. The highest BCUT2D eigenvalue weighted by atomic mass is 16.5. The summed E-state index contributed by atoms with van der Waals surface area (Å²) in [5.41, 5.74) is -4.91. The number of carbonyl (C=O) groups is 18. The van der Waals surface area contributed by atoms with Crippen molar-refractivity contribution in [2.24, 2.45) is 0 Å². The van der Waals surface area contributed by atoms with Gasteiger partial charge in [0.05, 0.1) is 49.7 Å². The van der Waals surface area contributed by atoms with Gasteiger partial charge in [0, 0.05) is 11.1 Å². The molecule has 6 amide bonds. The molecule has 0 aliphatic carbocycles. The molecule has 0 heterocycles. The first-order valence-corrected chi connectivity index (χ1v) is 23.7. The molecule has 0 aromatic heterocycles. The molecule has 0 fully saturated rings. The Balaban J connectivity index is 2.32. The maximum Gasteiger partial charge on any atom is 0.380 e. The molecule has 6 atom stereocenters. The average Bonchev–Trinajstić information content (AvgIpc) is 1.26. The molecule has 446 valence electrons. The van der Waals surface area contributed by atoms with Crippen LogP contribution in [0, 0.1) is 0 Å². The van der Waals surface area contributed by atoms with Crippen molar-refractivity contribution in [3.63, 3.8) is 0 Å². The molecule has 14 N–H and O–H groups in total. The summed E-state index contributed by atoms with van der Waals surface area (Å²) >= 11 is 0. The first-order valence-electron chi connectivity index (χ1n) is 23.7. The fraction of sp³-hybridized carbons (Fsp3) is 0.280. The van der Waals surface area contributed by atoms with E-state index in [1.807, 2.05) is 0 Å². The van der Waals surface area contributed by atoms with Crippen molar-refractivity contribution in [3.05, 3.63) is 106 Å². The van der Waals surface area contributed by atoms with Crippen molar-refractivity contribution >= 4 is 107 Å². The van der Waals surface area contributed by atoms with Gasteiger partial charge in [-0.2, -0.15) is 0 Å². The molecule has 3 rings (SSSR count). The molecule has 0 radical (unpaired) electrons. The highest BCUT2D eigenvalue weighted by Gasteiger charge is 2.38. The van der Waals surface area contributed by atoms with Gasteiger partial charge in [-0.1, -0.05) is 60.7 Å². The van der Waals surface area contributed by atoms with Crippen LogP contribution in [0.15, 0.2) is 72.8 Å². The fourth-order valence-electron chi connectivity index (χ4n) is 6.99. The summed E-state index contributed by atoms with van der Waals surface area (Å²) in [7, 11) is 0. The molecule has 0 saturated heterocycles. The van der Waals surface area contributed by atoms with Gasteiger partial charge < -0.3 is 82.2 Å². The monoisotopic (exact) mass is 1180 g/mol. The second-order valence-electron chi connectivity index (χ2n) is 17.3. The lowest BCUT2D eigenvalue weighted by molar-refractivity contribution is -0.148. The number of carboxylic acid groups (broad SMARTS) is 8. The normalized spacial score (nSPS) is 12.7. The number of hydrogen-bond donors (Lipinski definition) is 14. The average molecular weight is 1180 g/mol. The Morgan fingerprint density at radius 2 is 0.560 bits per heavy atom. The molecule has 0 spiro atoms. The van der Waals surface area contributed by atoms with Crippen LogP contribution in [0.2, 0.25) is 0 Å². The van der Waals surface area contributed by atoms with E-state index < -0.39 is 217 Å². The number of ether oxygens (including phenoxy) is 2. The van der Waals surface area contributed by atoms with E-state index in [2.05, 4.69) is 0 Å². The zero-order valence-corrected chi connectivity index (χ0v) is 42.8. The van der Waals surface area contributed by atoms with E-state index in [1.54, 1.807) is 44.0 Å². The lowest BCUT2D eigenvalue weighted by Crippen LogP contribution is -2.57. The number of ketones is 2. The minimum absolute atomic E-state index is 0.203. The van der Waals surface area contributed by atoms with Crippen LogP contribution in [0.25, 0.3) is 0 Å². The zero-order valence-electron chi connectivity index (χ0n) is 42.8. The summed E-state index contributed by atoms with van der Waals surface area (Å²) in [6, 6.07) is 0.702. The van der Waals surface area contributed by atoms with Crippen LogP contribution in [0.3, 0.4) is 0 Å². The Hall–Kier alpha value is -11.5. The lowest BCUT2D eigenvalue weighted by Gasteiger charge is -2.24. The maximum absolute atomic E-state index is 14.4. The van der Waals surface area contributed by atoms with Gasteiger partial charge >= 0.3 is 59.7 Å². The van der Waals surface area contributed by atoms with E-state index in [9.17, 15) is 117 Å². The van der Waals surface area contributed by atoms with E-state index in [1.165, 1.54) is 48.5 Å². The quantitative estimate of drug-likeness (QED) is 0.0158. The summed E-state index contributed by atoms with van der Waals surface area (Å²) in [6.45, 7) is -1.38. The van der Waals surface area contributed by atoms with Gasteiger partial charge in [-0.3, -0.25) is 67.1 Å². The molecular formula is C50H48N6O28. The van der Waals surface area contributed by atoms with E-state index in [0.29, 0.717) is 0 Å². The van der Waals surface area contributed by atoms with Gasteiger partial charge in [0.1, 0.15) is 49.5 Å². The van der Waals surface area contributed by atoms with Crippen molar-refractivity contribution in [2.45, 2.75) is 88.0 Å². The van der Waals surface area contributed by atoms with E-state index in [4.69, 9.17) is 19.7 Å². The SMILES string of the molecule is O=C(O)CC(NC(=O)c1cc(C(=O)C(=O)OCc2ccccc2)c(C(=O)NC(CC(=O)O)C(=O)N[C@H](CC(=O)O)C(=O)N[C@H](CC(=O)O)C(=O)O)cc1C(=O)C(=O)OCc1ccccc1)C(=O)N[C@H](CC(=O)O)C(=O)N[C@H](CC(=O)O)C(=O)O. The second kappa shape index (κ2) is 31.3. The summed E-state index contributed by atoms with van der Waals surface area (Å²) in [5.74, 6) is -33.4. The van der Waals surface area contributed by atoms with Gasteiger partial charge in [0.2, 0.25) is 23.6 Å². The van der Waals surface area contributed by atoms with Crippen LogP contribution in [0.4, 0.5) is 0 Å². The topological polar surface area (TPSA) is 560 Å². The second-order valence-corrected chi connectivity index (χ2v) is 17.3. The number of amides is 6. The number of nitrogens with one attached hydrogen (secondary N) is 6. The Bertz CT molecular complexity index is 2940. The van der Waals surface area contributed by atoms with Crippen LogP contribution in [0.5, 0.6) is 0 Å². The maximum atomic E-state index is 14.4. The van der Waals surface area contributed by atoms with Crippen LogP contribution in [-0.2, 0) is 89.8 Å². The molecule has 34 nitrogen and oxygen atoms in total. The molecule has 3 aromatic carbocycles. The van der Waals surface area contributed by atoms with E-state index in [0.717, 1.165) is 0 Å². The van der Waals surface area contributed by atoms with Gasteiger partial charge in [-0.15, -0.1) is 0 Å². The van der Waals surface area contributed by atoms with Gasteiger partial charge in [0.25, 0.3) is 23.4 Å². The molecule has 84 heavy (non-hydrogen) atoms. The Morgan fingerprint density at radius 3 is 0.810 bits per heavy atom. The third kappa shape index (κ3) is 21.3. The van der Waals surface area contributed by atoms with E-state index in [-0.39, 0.29) is 23.3 Å². The van der Waals surface area contributed by atoms with Crippen LogP contribution in [-0.4, -0.2) is 184 Å². The Labute approximate surface area is 468 Å². The standard InChI is InChI=1S/C50H48N6O28/c57-33(58)13-27(43(73)53-29(15-35(61)62)45(75)55-31(47(77)78)17-37(65)66)51-41(71)25-12-24(40(70)50(82)84-20-22-9-5-2-6-10-22)26(11-23(25)39(69)49(81)83-19-21-7-3-1-4-8-21)42(72)52-28(14-34(59)60)44(74)54-30(16-36(63)64)46(76)56-32(48(79)80)18-38(67)68/h1-12,27-32H,13-20H2,(H,51,71)(H,52,72)(H,53,73)(H,54,74)(H,55,75)(H,56,76)(H,57,58)(H,59,60)(H,61,62)(H,63,64)(H,65,66)(H,67,68)(H,77,78)(H,79,80)/t27?,28?,29-,30-,31-,32-/m1/s1. The molecule has 0 saturated carbocycles. The van der Waals surface area contributed by atoms with Crippen molar-refractivity contribution < 1.29 is 137 Å². The Kier molecular flexibility index (Phi) is 24.9. The van der Waals surface area contributed by atoms with Crippen molar-refractivity contribution in [1.82, 2.24) is 31.9 Å². The summed E-state index contributed by atoms with van der Waals surface area (Å²) < 4.78 is 10.1. The largest absolute Gasteiger partial charge is 0.481 e. The number of rotatable bonds is 34. The van der Waals surface area contributed by atoms with Gasteiger partial charge in [0.15, 0.2) is 0 Å². The molecule has 0 aliphatic rings. The summed E-state index contributed by atoms with van der Waals surface area (Å²) in [6.07, 6.45) is -8.46. The van der Waals surface area contributed by atoms with Crippen LogP contribution < -0.4 is 31.9 Å². The minimum atomic E-state index is -2.53. The molecule has 3 aromatic rings. The van der Waals surface area contributed by atoms with Crippen LogP contribution in [0.1, 0.15) is 91.1 Å². The number of carboxylic acids is 8. The number of benzene rings is 3. The van der Waals surface area contributed by atoms with Gasteiger partial charge in [-0.05, 0) is 23.3 Å². The number of esters is 2. The fourth-order valence-corrected chi connectivity index (χ4v) is 6.99. The van der Waals surface area contributed by atoms with Crippen molar-refractivity contribution in [1.29, 1.82) is 0 Å². The van der Waals surface area contributed by atoms with Crippen LogP contribution >= 0.6 is 0 Å². The molecule has 2 unspecified atom stereocenters. The highest BCUT2D eigenvalue weighted by molar-refractivity contribution is 6.44. The lowest BCUT2D eigenvalue weighted by atomic mass is 9.92. The third-order valence-electron chi connectivity index (χ3n) is 10.9. The first-order chi connectivity index (χ1) is 39.4. The van der Waals surface area contributed by atoms with Crippen molar-refractivity contribution in [3.8, 4) is 0 Å². The summed E-state index contributed by atoms with van der Waals surface area (Å²) in [4.78, 5) is 231. The predicted molar refractivity (Wildman–Crippen MR) is 267 cm³/mol. The number of carbonyl (C=O) groups excluding carboxylic acids is 10. The number of aliphatic carboxylic acids is 8. The predicted octanol–water partition coefficient (Wildman–Crippen LogP) is -3.31. The third-order valence-corrected chi connectivity index (χ3v) is 10.9. The minimum Gasteiger partial charge on any atom is -0.481 e. The number of hydrogen-bond acceptors (Lipinski definition) is 20. The smallest absolute Gasteiger partial charge is 0.380 e. The highest BCUT2D eigenvalue weighted by Crippen LogP contribution is 2.23. The molecule has 0 aliphatic heterocycles.